The third-order valence-corrected chi connectivity index (χ3v) is 3.67. The zero-order chi connectivity index (χ0) is 18.2. The molecule has 0 saturated carbocycles. The van der Waals surface area contributed by atoms with Crippen LogP contribution < -0.4 is 0 Å². The van der Waals surface area contributed by atoms with Crippen molar-refractivity contribution in [3.05, 3.63) is 0 Å². The van der Waals surface area contributed by atoms with Crippen molar-refractivity contribution in [2.24, 2.45) is 0 Å². The third-order valence-electron chi connectivity index (χ3n) is 3.67. The molecule has 0 aromatic carbocycles. The maximum atomic E-state index is 11.7. The van der Waals surface area contributed by atoms with Gasteiger partial charge in [0, 0.05) is 13.3 Å². The van der Waals surface area contributed by atoms with E-state index in [1.165, 1.54) is 38.5 Å². The molecule has 0 bridgehead atoms. The van der Waals surface area contributed by atoms with Crippen molar-refractivity contribution in [3.8, 4) is 0 Å². The number of carbonyl (C=O) groups excluding carboxylic acids is 3. The number of ether oxygens (including phenoxy) is 2. The highest BCUT2D eigenvalue weighted by molar-refractivity contribution is 6.32. The van der Waals surface area contributed by atoms with Crippen LogP contribution in [0.15, 0.2) is 0 Å². The molecule has 6 heteroatoms. The second kappa shape index (κ2) is 15.1. The summed E-state index contributed by atoms with van der Waals surface area (Å²) < 4.78 is 9.65. The number of aliphatic hydroxyl groups excluding tert-OH is 1. The van der Waals surface area contributed by atoms with E-state index in [1.54, 1.807) is 0 Å². The van der Waals surface area contributed by atoms with E-state index in [9.17, 15) is 14.4 Å². The Morgan fingerprint density at radius 1 is 0.917 bits per heavy atom. The van der Waals surface area contributed by atoms with Crippen molar-refractivity contribution in [3.63, 3.8) is 0 Å². The molecule has 0 amide bonds. The van der Waals surface area contributed by atoms with Gasteiger partial charge in [-0.3, -0.25) is 9.59 Å². The summed E-state index contributed by atoms with van der Waals surface area (Å²) in [6.07, 6.45) is 9.80. The van der Waals surface area contributed by atoms with E-state index < -0.39 is 30.4 Å². The number of Topliss-reactive ketones (excluding diaryl/α,β-unsaturated/α-hetero) is 1. The van der Waals surface area contributed by atoms with Crippen LogP contribution in [0.1, 0.15) is 78.1 Å². The Bertz CT molecular complexity index is 367. The Labute approximate surface area is 144 Å². The van der Waals surface area contributed by atoms with E-state index in [-0.39, 0.29) is 13.0 Å². The molecule has 0 radical (unpaired) electrons. The maximum Gasteiger partial charge on any atom is 0.374 e. The smallest absolute Gasteiger partial charge is 0.374 e. The van der Waals surface area contributed by atoms with Crippen molar-refractivity contribution in [2.45, 2.75) is 84.2 Å². The molecule has 6 nitrogen and oxygen atoms in total. The van der Waals surface area contributed by atoms with Gasteiger partial charge in [0.1, 0.15) is 6.61 Å². The van der Waals surface area contributed by atoms with Gasteiger partial charge in [0.25, 0.3) is 0 Å². The summed E-state index contributed by atoms with van der Waals surface area (Å²) in [4.78, 5) is 33.4. The topological polar surface area (TPSA) is 89.9 Å². The monoisotopic (exact) mass is 344 g/mol. The average Bonchev–Trinajstić information content (AvgIpc) is 2.56. The van der Waals surface area contributed by atoms with Gasteiger partial charge in [-0.1, -0.05) is 58.3 Å². The molecular formula is C18H32O6. The first-order chi connectivity index (χ1) is 11.5. The number of rotatable bonds is 15. The van der Waals surface area contributed by atoms with Crippen molar-refractivity contribution in [1.82, 2.24) is 0 Å². The van der Waals surface area contributed by atoms with Crippen LogP contribution >= 0.6 is 0 Å². The molecule has 0 heterocycles. The molecule has 1 N–H and O–H groups in total. The van der Waals surface area contributed by atoms with Crippen molar-refractivity contribution < 1.29 is 29.0 Å². The van der Waals surface area contributed by atoms with Gasteiger partial charge in [0.05, 0.1) is 6.61 Å². The number of unbranched alkanes of at least 4 members (excludes halogenated alkanes) is 8. The molecule has 0 saturated heterocycles. The number of hydrogen-bond donors (Lipinski definition) is 1. The van der Waals surface area contributed by atoms with Gasteiger partial charge < -0.3 is 14.6 Å². The fraction of sp³-hybridized carbons (Fsp3) is 0.833. The van der Waals surface area contributed by atoms with Gasteiger partial charge in [-0.15, -0.1) is 0 Å². The van der Waals surface area contributed by atoms with E-state index in [2.05, 4.69) is 11.7 Å². The molecule has 140 valence electrons. The zero-order valence-corrected chi connectivity index (χ0v) is 15.1. The number of aliphatic hydroxyl groups is 1. The minimum atomic E-state index is -0.997. The molecule has 1 unspecified atom stereocenters. The first-order valence-electron chi connectivity index (χ1n) is 8.99. The molecule has 0 aromatic rings. The molecule has 1 atom stereocenters. The number of hydrogen-bond acceptors (Lipinski definition) is 6. The molecular weight excluding hydrogens is 312 g/mol. The van der Waals surface area contributed by atoms with Crippen molar-refractivity contribution in [2.75, 3.05) is 13.2 Å². The summed E-state index contributed by atoms with van der Waals surface area (Å²) in [5, 5.41) is 9.10. The van der Waals surface area contributed by atoms with Crippen LogP contribution in [0, 0.1) is 0 Å². The Morgan fingerprint density at radius 3 is 1.96 bits per heavy atom. The highest BCUT2D eigenvalue weighted by atomic mass is 16.6. The van der Waals surface area contributed by atoms with Gasteiger partial charge >= 0.3 is 11.9 Å². The summed E-state index contributed by atoms with van der Waals surface area (Å²) in [6.45, 7) is 2.53. The Hall–Kier alpha value is -1.43. The summed E-state index contributed by atoms with van der Waals surface area (Å²) in [5.41, 5.74) is 0. The van der Waals surface area contributed by atoms with Crippen LogP contribution in [0.25, 0.3) is 0 Å². The lowest BCUT2D eigenvalue weighted by atomic mass is 10.1. The fourth-order valence-electron chi connectivity index (χ4n) is 2.22. The van der Waals surface area contributed by atoms with Crippen LogP contribution in [0.5, 0.6) is 0 Å². The lowest BCUT2D eigenvalue weighted by Gasteiger charge is -2.15. The van der Waals surface area contributed by atoms with E-state index in [0.29, 0.717) is 0 Å². The predicted molar refractivity (Wildman–Crippen MR) is 90.4 cm³/mol. The largest absolute Gasteiger partial charge is 0.456 e. The molecule has 0 aromatic heterocycles. The number of ketones is 1. The molecule has 0 fully saturated rings. The maximum absolute atomic E-state index is 11.7. The van der Waals surface area contributed by atoms with Gasteiger partial charge in [-0.2, -0.15) is 0 Å². The van der Waals surface area contributed by atoms with E-state index in [0.717, 1.165) is 26.2 Å². The quantitative estimate of drug-likeness (QED) is 0.279. The van der Waals surface area contributed by atoms with E-state index in [4.69, 9.17) is 9.84 Å². The fourth-order valence-corrected chi connectivity index (χ4v) is 2.22. The highest BCUT2D eigenvalue weighted by Gasteiger charge is 2.17. The minimum absolute atomic E-state index is 0.285. The first-order valence-corrected chi connectivity index (χ1v) is 8.99. The Kier molecular flexibility index (Phi) is 14.2. The second-order valence-electron chi connectivity index (χ2n) is 6.03. The average molecular weight is 344 g/mol. The minimum Gasteiger partial charge on any atom is -0.456 e. The number of esters is 2. The molecule has 0 aliphatic heterocycles. The predicted octanol–water partition coefficient (Wildman–Crippen LogP) is 2.94. The molecule has 0 rings (SSSR count). The summed E-state index contributed by atoms with van der Waals surface area (Å²) in [5.74, 6) is -2.15. The van der Waals surface area contributed by atoms with Crippen LogP contribution in [0.2, 0.25) is 0 Å². The standard InChI is InChI=1S/C18H32O6/c1-3-4-5-6-7-8-9-10-11-12-17(21)24-16(13-19)14-23-18(22)15(2)20/h16,19H,3-14H2,1-2H3. The van der Waals surface area contributed by atoms with Gasteiger partial charge in [0.2, 0.25) is 5.78 Å². The van der Waals surface area contributed by atoms with Crippen LogP contribution in [0.3, 0.4) is 0 Å². The Balaban J connectivity index is 3.65. The third kappa shape index (κ3) is 13.0. The van der Waals surface area contributed by atoms with Gasteiger partial charge in [-0.25, -0.2) is 4.79 Å². The summed E-state index contributed by atoms with van der Waals surface area (Å²) >= 11 is 0. The number of carbonyl (C=O) groups is 3. The summed E-state index contributed by atoms with van der Waals surface area (Å²) in [7, 11) is 0. The molecule has 24 heavy (non-hydrogen) atoms. The highest BCUT2D eigenvalue weighted by Crippen LogP contribution is 2.11. The molecule has 0 spiro atoms. The second-order valence-corrected chi connectivity index (χ2v) is 6.03. The van der Waals surface area contributed by atoms with Crippen LogP contribution in [-0.2, 0) is 23.9 Å². The van der Waals surface area contributed by atoms with E-state index in [1.807, 2.05) is 0 Å². The van der Waals surface area contributed by atoms with Gasteiger partial charge in [0.15, 0.2) is 6.10 Å². The lowest BCUT2D eigenvalue weighted by molar-refractivity contribution is -0.163. The SMILES string of the molecule is CCCCCCCCCCCC(=O)OC(CO)COC(=O)C(C)=O. The Morgan fingerprint density at radius 2 is 1.46 bits per heavy atom. The van der Waals surface area contributed by atoms with Crippen molar-refractivity contribution >= 4 is 17.7 Å². The molecule has 0 aliphatic rings. The van der Waals surface area contributed by atoms with Crippen molar-refractivity contribution in [1.29, 1.82) is 0 Å². The normalized spacial score (nSPS) is 11.8. The van der Waals surface area contributed by atoms with Crippen LogP contribution in [0.4, 0.5) is 0 Å². The first kappa shape index (κ1) is 22.6. The van der Waals surface area contributed by atoms with Gasteiger partial charge in [-0.05, 0) is 6.42 Å². The molecule has 0 aliphatic carbocycles. The van der Waals surface area contributed by atoms with Crippen LogP contribution in [-0.4, -0.2) is 42.1 Å². The summed E-state index contributed by atoms with van der Waals surface area (Å²) in [6, 6.07) is 0. The van der Waals surface area contributed by atoms with E-state index >= 15 is 0 Å². The zero-order valence-electron chi connectivity index (χ0n) is 15.1. The lowest BCUT2D eigenvalue weighted by Crippen LogP contribution is -2.29.